The molecule has 144 valence electrons. The van der Waals surface area contributed by atoms with E-state index in [1.807, 2.05) is 61.5 Å². The lowest BCUT2D eigenvalue weighted by atomic mass is 10.0. The third kappa shape index (κ3) is 7.52. The summed E-state index contributed by atoms with van der Waals surface area (Å²) in [6, 6.07) is 16.7. The molecule has 0 heterocycles. The third-order valence-corrected chi connectivity index (χ3v) is 3.89. The molecule has 0 bridgehead atoms. The van der Waals surface area contributed by atoms with Crippen molar-refractivity contribution in [3.8, 4) is 5.75 Å². The number of rotatable bonds is 9. The van der Waals surface area contributed by atoms with E-state index >= 15 is 0 Å². The number of benzene rings is 2. The Morgan fingerprint density at radius 3 is 2.30 bits per heavy atom. The Bertz CT molecular complexity index is 726. The summed E-state index contributed by atoms with van der Waals surface area (Å²) in [7, 11) is 0. The molecule has 0 aromatic heterocycles. The number of hydrogen-bond donors (Lipinski definition) is 1. The first-order valence-electron chi connectivity index (χ1n) is 9.17. The molecule has 27 heavy (non-hydrogen) atoms. The molecule has 2 aromatic rings. The van der Waals surface area contributed by atoms with Gasteiger partial charge in [-0.2, -0.15) is 0 Å². The van der Waals surface area contributed by atoms with E-state index in [2.05, 4.69) is 5.32 Å². The third-order valence-electron chi connectivity index (χ3n) is 3.89. The van der Waals surface area contributed by atoms with E-state index in [4.69, 9.17) is 9.47 Å². The summed E-state index contributed by atoms with van der Waals surface area (Å²) in [5.74, 6) is 0.214. The zero-order valence-electron chi connectivity index (χ0n) is 16.1. The molecule has 1 N–H and O–H groups in total. The van der Waals surface area contributed by atoms with Crippen LogP contribution in [0.2, 0.25) is 0 Å². The zero-order valence-corrected chi connectivity index (χ0v) is 16.1. The van der Waals surface area contributed by atoms with Gasteiger partial charge < -0.3 is 14.8 Å². The average molecular weight is 369 g/mol. The molecule has 1 atom stereocenters. The van der Waals surface area contributed by atoms with Gasteiger partial charge in [0.2, 0.25) is 5.91 Å². The number of aryl methyl sites for hydroxylation is 1. The maximum Gasteiger partial charge on any atom is 0.308 e. The lowest BCUT2D eigenvalue weighted by Crippen LogP contribution is -2.32. The molecular formula is C22H27NO4. The van der Waals surface area contributed by atoms with Crippen LogP contribution >= 0.6 is 0 Å². The molecule has 0 aliphatic heterocycles. The standard InChI is InChI=1S/C22H27NO4/c1-16(2)27-22(25)15-20(18-11-9-17(3)10-12-18)23-21(24)13-14-26-19-7-5-4-6-8-19/h4-12,16,20H,13-15H2,1-3H3,(H,23,24). The second-order valence-electron chi connectivity index (χ2n) is 6.69. The summed E-state index contributed by atoms with van der Waals surface area (Å²) in [5.41, 5.74) is 1.99. The number of para-hydroxylation sites is 1. The molecule has 0 fully saturated rings. The number of esters is 1. The van der Waals surface area contributed by atoms with Crippen LogP contribution in [0.4, 0.5) is 0 Å². The Labute approximate surface area is 160 Å². The molecule has 2 rings (SSSR count). The molecule has 0 spiro atoms. The molecule has 1 unspecified atom stereocenters. The van der Waals surface area contributed by atoms with Crippen molar-refractivity contribution in [1.29, 1.82) is 0 Å². The van der Waals surface area contributed by atoms with Gasteiger partial charge in [0.25, 0.3) is 0 Å². The van der Waals surface area contributed by atoms with Crippen molar-refractivity contribution in [2.24, 2.45) is 0 Å². The molecule has 5 heteroatoms. The number of nitrogens with one attached hydrogen (secondary N) is 1. The molecule has 5 nitrogen and oxygen atoms in total. The molecular weight excluding hydrogens is 342 g/mol. The number of carbonyl (C=O) groups is 2. The van der Waals surface area contributed by atoms with Crippen molar-refractivity contribution in [3.63, 3.8) is 0 Å². The predicted molar refractivity (Wildman–Crippen MR) is 104 cm³/mol. The van der Waals surface area contributed by atoms with Crippen LogP contribution in [0.1, 0.15) is 43.9 Å². The fraction of sp³-hybridized carbons (Fsp3) is 0.364. The number of ether oxygens (including phenoxy) is 2. The largest absolute Gasteiger partial charge is 0.493 e. The van der Waals surface area contributed by atoms with Gasteiger partial charge in [-0.15, -0.1) is 0 Å². The van der Waals surface area contributed by atoms with E-state index in [9.17, 15) is 9.59 Å². The van der Waals surface area contributed by atoms with Crippen molar-refractivity contribution in [2.45, 2.75) is 45.8 Å². The highest BCUT2D eigenvalue weighted by Gasteiger charge is 2.20. The lowest BCUT2D eigenvalue weighted by Gasteiger charge is -2.20. The van der Waals surface area contributed by atoms with Crippen molar-refractivity contribution in [3.05, 3.63) is 65.7 Å². The summed E-state index contributed by atoms with van der Waals surface area (Å²) in [4.78, 5) is 24.4. The SMILES string of the molecule is Cc1ccc(C(CC(=O)OC(C)C)NC(=O)CCOc2ccccc2)cc1. The molecule has 2 aromatic carbocycles. The summed E-state index contributed by atoms with van der Waals surface area (Å²) in [6.07, 6.45) is 0.106. The summed E-state index contributed by atoms with van der Waals surface area (Å²) < 4.78 is 10.8. The van der Waals surface area contributed by atoms with Crippen molar-refractivity contribution in [2.75, 3.05) is 6.61 Å². The molecule has 0 radical (unpaired) electrons. The molecule has 0 saturated heterocycles. The van der Waals surface area contributed by atoms with Crippen LogP contribution in [-0.4, -0.2) is 24.6 Å². The van der Waals surface area contributed by atoms with Crippen molar-refractivity contribution < 1.29 is 19.1 Å². The van der Waals surface area contributed by atoms with Crippen LogP contribution in [0, 0.1) is 6.92 Å². The van der Waals surface area contributed by atoms with Crippen LogP contribution < -0.4 is 10.1 Å². The van der Waals surface area contributed by atoms with Crippen LogP contribution in [0.15, 0.2) is 54.6 Å². The quantitative estimate of drug-likeness (QED) is 0.680. The fourth-order valence-electron chi connectivity index (χ4n) is 2.57. The van der Waals surface area contributed by atoms with E-state index < -0.39 is 6.04 Å². The van der Waals surface area contributed by atoms with Gasteiger partial charge in [-0.1, -0.05) is 48.0 Å². The van der Waals surface area contributed by atoms with Crippen molar-refractivity contribution >= 4 is 11.9 Å². The highest BCUT2D eigenvalue weighted by atomic mass is 16.5. The minimum Gasteiger partial charge on any atom is -0.493 e. The first-order valence-corrected chi connectivity index (χ1v) is 9.17. The topological polar surface area (TPSA) is 64.6 Å². The van der Waals surface area contributed by atoms with Crippen LogP contribution in [-0.2, 0) is 14.3 Å². The highest BCUT2D eigenvalue weighted by molar-refractivity contribution is 5.78. The van der Waals surface area contributed by atoms with Gasteiger partial charge in [-0.05, 0) is 38.5 Å². The van der Waals surface area contributed by atoms with E-state index in [1.54, 1.807) is 13.8 Å². The van der Waals surface area contributed by atoms with Gasteiger partial charge in [0, 0.05) is 0 Å². The first-order chi connectivity index (χ1) is 12.9. The number of carbonyl (C=O) groups excluding carboxylic acids is 2. The molecule has 0 saturated carbocycles. The van der Waals surface area contributed by atoms with Crippen LogP contribution in [0.25, 0.3) is 0 Å². The zero-order chi connectivity index (χ0) is 19.6. The fourth-order valence-corrected chi connectivity index (χ4v) is 2.57. The minimum absolute atomic E-state index is 0.0898. The van der Waals surface area contributed by atoms with Gasteiger partial charge in [-0.3, -0.25) is 9.59 Å². The maximum atomic E-state index is 12.3. The predicted octanol–water partition coefficient (Wildman–Crippen LogP) is 3.96. The number of hydrogen-bond acceptors (Lipinski definition) is 4. The second kappa shape index (κ2) is 10.4. The monoisotopic (exact) mass is 369 g/mol. The van der Waals surface area contributed by atoms with Crippen LogP contribution in [0.3, 0.4) is 0 Å². The van der Waals surface area contributed by atoms with Crippen molar-refractivity contribution in [1.82, 2.24) is 5.32 Å². The molecule has 0 aliphatic carbocycles. The smallest absolute Gasteiger partial charge is 0.308 e. The minimum atomic E-state index is -0.430. The van der Waals surface area contributed by atoms with Crippen LogP contribution in [0.5, 0.6) is 5.75 Å². The Morgan fingerprint density at radius 1 is 1.00 bits per heavy atom. The Kier molecular flexibility index (Phi) is 7.86. The summed E-state index contributed by atoms with van der Waals surface area (Å²) in [6.45, 7) is 5.87. The Hall–Kier alpha value is -2.82. The van der Waals surface area contributed by atoms with E-state index in [0.717, 1.165) is 16.9 Å². The molecule has 0 aliphatic rings. The maximum absolute atomic E-state index is 12.3. The molecule has 1 amide bonds. The number of amides is 1. The van der Waals surface area contributed by atoms with Gasteiger partial charge in [0.15, 0.2) is 0 Å². The summed E-state index contributed by atoms with van der Waals surface area (Å²) in [5, 5.41) is 2.92. The van der Waals surface area contributed by atoms with E-state index in [0.29, 0.717) is 0 Å². The Morgan fingerprint density at radius 2 is 1.67 bits per heavy atom. The van der Waals surface area contributed by atoms with E-state index in [-0.39, 0.29) is 37.4 Å². The average Bonchev–Trinajstić information content (AvgIpc) is 2.62. The normalized spacial score (nSPS) is 11.7. The van der Waals surface area contributed by atoms with Gasteiger partial charge in [0.05, 0.1) is 31.6 Å². The first kappa shape index (κ1) is 20.5. The van der Waals surface area contributed by atoms with E-state index in [1.165, 1.54) is 0 Å². The van der Waals surface area contributed by atoms with Gasteiger partial charge in [0.1, 0.15) is 5.75 Å². The summed E-state index contributed by atoms with van der Waals surface area (Å²) >= 11 is 0. The van der Waals surface area contributed by atoms with Gasteiger partial charge >= 0.3 is 5.97 Å². The highest BCUT2D eigenvalue weighted by Crippen LogP contribution is 2.19. The lowest BCUT2D eigenvalue weighted by molar-refractivity contribution is -0.148. The van der Waals surface area contributed by atoms with Gasteiger partial charge in [-0.25, -0.2) is 0 Å². The second-order valence-corrected chi connectivity index (χ2v) is 6.69. The Balaban J connectivity index is 1.94.